The molecule has 0 aromatic rings. The Kier molecular flexibility index (Phi) is 28.1. The van der Waals surface area contributed by atoms with Gasteiger partial charge in [0.15, 0.2) is 0 Å². The number of aliphatic hydroxyl groups excluding tert-OH is 1. The first-order chi connectivity index (χ1) is 21.5. The van der Waals surface area contributed by atoms with Gasteiger partial charge < -0.3 is 28.8 Å². The number of carbonyl (C=O) groups excluding carboxylic acids is 1. The average Bonchev–Trinajstić information content (AvgIpc) is 2.97. The zero-order valence-corrected chi connectivity index (χ0v) is 30.5. The summed E-state index contributed by atoms with van der Waals surface area (Å²) >= 11 is 0. The first-order valence-corrected chi connectivity index (χ1v) is 19.3. The molecule has 3 atom stereocenters. The van der Waals surface area contributed by atoms with Crippen molar-refractivity contribution in [2.75, 3.05) is 40.9 Å². The Bertz CT molecular complexity index is 840. The van der Waals surface area contributed by atoms with Gasteiger partial charge in [0, 0.05) is 6.42 Å². The smallest absolute Gasteiger partial charge is 0.268 e. The lowest BCUT2D eigenvalue weighted by Gasteiger charge is -2.29. The molecule has 9 heteroatoms. The zero-order valence-electron chi connectivity index (χ0n) is 29.6. The maximum atomic E-state index is 12.7. The van der Waals surface area contributed by atoms with Crippen molar-refractivity contribution in [2.24, 2.45) is 0 Å². The number of phosphoric acid groups is 1. The third-order valence-corrected chi connectivity index (χ3v) is 8.54. The quantitative estimate of drug-likeness (QED) is 0.0337. The van der Waals surface area contributed by atoms with Gasteiger partial charge in [0.1, 0.15) is 13.2 Å². The second-order valence-corrected chi connectivity index (χ2v) is 14.6. The van der Waals surface area contributed by atoms with Gasteiger partial charge in [0.05, 0.1) is 39.9 Å². The van der Waals surface area contributed by atoms with E-state index in [2.05, 4.69) is 43.5 Å². The highest BCUT2D eigenvalue weighted by atomic mass is 31.2. The summed E-state index contributed by atoms with van der Waals surface area (Å²) < 4.78 is 23.0. The Morgan fingerprint density at radius 1 is 0.756 bits per heavy atom. The Balaban J connectivity index is 4.63. The number of amides is 1. The number of allylic oxidation sites excluding steroid dienone is 5. The first kappa shape index (κ1) is 43.7. The summed E-state index contributed by atoms with van der Waals surface area (Å²) in [4.78, 5) is 25.0. The molecule has 264 valence electrons. The highest BCUT2D eigenvalue weighted by molar-refractivity contribution is 7.45. The van der Waals surface area contributed by atoms with Crippen LogP contribution in [0.1, 0.15) is 136 Å². The van der Waals surface area contributed by atoms with Crippen LogP contribution in [0.3, 0.4) is 0 Å². The number of rotatable bonds is 31. The number of likely N-dealkylation sites (N-methyl/N-ethyl adjacent to an activating group) is 1. The molecular weight excluding hydrogens is 587 g/mol. The summed E-state index contributed by atoms with van der Waals surface area (Å²) in [5.41, 5.74) is 0. The lowest BCUT2D eigenvalue weighted by Crippen LogP contribution is -2.45. The predicted octanol–water partition coefficient (Wildman–Crippen LogP) is 8.16. The highest BCUT2D eigenvalue weighted by Gasteiger charge is 2.23. The molecule has 0 heterocycles. The van der Waals surface area contributed by atoms with Crippen molar-refractivity contribution in [3.05, 3.63) is 36.5 Å². The van der Waals surface area contributed by atoms with Crippen LogP contribution < -0.4 is 10.2 Å². The van der Waals surface area contributed by atoms with Crippen LogP contribution in [-0.4, -0.2) is 68.5 Å². The standard InChI is InChI=1S/C36H69N2O6P/c1-6-8-10-12-14-16-18-19-20-22-24-26-28-30-36(40)37-34(33-44-45(41,42)43-32-31-38(3,4)5)35(39)29-27-25-23-21-17-15-13-11-9-7-2/h16-18,21,27,29,34-35,39H,6-15,19-20,22-26,28,30-33H2,1-5H3,(H-,37,40,41,42)/b18-16+,21-17+,29-27+/t34-,35+/m0/s1. The van der Waals surface area contributed by atoms with Crippen molar-refractivity contribution in [3.8, 4) is 0 Å². The molecule has 0 spiro atoms. The topological polar surface area (TPSA) is 108 Å². The van der Waals surface area contributed by atoms with Gasteiger partial charge in [-0.25, -0.2) is 0 Å². The van der Waals surface area contributed by atoms with Crippen molar-refractivity contribution in [3.63, 3.8) is 0 Å². The molecule has 0 rings (SSSR count). The fourth-order valence-electron chi connectivity index (χ4n) is 4.63. The number of nitrogens with zero attached hydrogens (tertiary/aromatic N) is 1. The lowest BCUT2D eigenvalue weighted by molar-refractivity contribution is -0.870. The Morgan fingerprint density at radius 3 is 1.80 bits per heavy atom. The molecule has 0 saturated carbocycles. The van der Waals surface area contributed by atoms with Gasteiger partial charge in [-0.2, -0.15) is 0 Å². The van der Waals surface area contributed by atoms with Crippen LogP contribution in [0.15, 0.2) is 36.5 Å². The average molecular weight is 657 g/mol. The van der Waals surface area contributed by atoms with Gasteiger partial charge in [-0.05, 0) is 57.8 Å². The molecule has 1 amide bonds. The highest BCUT2D eigenvalue weighted by Crippen LogP contribution is 2.38. The second kappa shape index (κ2) is 28.9. The Hall–Kier alpha value is -1.28. The van der Waals surface area contributed by atoms with Crippen molar-refractivity contribution in [1.82, 2.24) is 5.32 Å². The van der Waals surface area contributed by atoms with E-state index < -0.39 is 26.6 Å². The maximum Gasteiger partial charge on any atom is 0.268 e. The molecule has 0 aromatic heterocycles. The van der Waals surface area contributed by atoms with E-state index in [4.69, 9.17) is 9.05 Å². The second-order valence-electron chi connectivity index (χ2n) is 13.2. The van der Waals surface area contributed by atoms with Crippen LogP contribution in [-0.2, 0) is 18.4 Å². The van der Waals surface area contributed by atoms with Crippen LogP contribution in [0.5, 0.6) is 0 Å². The molecule has 0 fully saturated rings. The molecule has 0 aliphatic carbocycles. The minimum Gasteiger partial charge on any atom is -0.756 e. The molecule has 2 N–H and O–H groups in total. The third kappa shape index (κ3) is 31.1. The summed E-state index contributed by atoms with van der Waals surface area (Å²) in [5.74, 6) is -0.222. The third-order valence-electron chi connectivity index (χ3n) is 7.57. The summed E-state index contributed by atoms with van der Waals surface area (Å²) in [7, 11) is 1.23. The predicted molar refractivity (Wildman–Crippen MR) is 187 cm³/mol. The van der Waals surface area contributed by atoms with Crippen LogP contribution in [0.25, 0.3) is 0 Å². The molecule has 8 nitrogen and oxygen atoms in total. The Morgan fingerprint density at radius 2 is 1.24 bits per heavy atom. The van der Waals surface area contributed by atoms with Gasteiger partial charge >= 0.3 is 0 Å². The molecule has 0 bridgehead atoms. The number of hydrogen-bond donors (Lipinski definition) is 2. The summed E-state index contributed by atoms with van der Waals surface area (Å²) in [6.45, 7) is 4.52. The van der Waals surface area contributed by atoms with E-state index in [1.807, 2.05) is 27.2 Å². The van der Waals surface area contributed by atoms with Gasteiger partial charge in [-0.3, -0.25) is 9.36 Å². The molecule has 45 heavy (non-hydrogen) atoms. The number of aliphatic hydroxyl groups is 1. The number of quaternary nitrogens is 1. The molecule has 0 aromatic carbocycles. The number of unbranched alkanes of at least 4 members (excludes halogenated alkanes) is 14. The molecular formula is C36H69N2O6P. The van der Waals surface area contributed by atoms with Crippen molar-refractivity contribution >= 4 is 13.7 Å². The van der Waals surface area contributed by atoms with Crippen molar-refractivity contribution < 1.29 is 32.9 Å². The summed E-state index contributed by atoms with van der Waals surface area (Å²) in [5, 5.41) is 13.6. The monoisotopic (exact) mass is 656 g/mol. The Labute approximate surface area is 276 Å². The van der Waals surface area contributed by atoms with Crippen LogP contribution in [0.2, 0.25) is 0 Å². The van der Waals surface area contributed by atoms with E-state index in [9.17, 15) is 19.4 Å². The van der Waals surface area contributed by atoms with Crippen molar-refractivity contribution in [1.29, 1.82) is 0 Å². The number of carbonyl (C=O) groups is 1. The van der Waals surface area contributed by atoms with E-state index in [0.717, 1.165) is 57.8 Å². The van der Waals surface area contributed by atoms with Crippen LogP contribution in [0, 0.1) is 0 Å². The molecule has 0 radical (unpaired) electrons. The van der Waals surface area contributed by atoms with E-state index >= 15 is 0 Å². The number of phosphoric ester groups is 1. The van der Waals surface area contributed by atoms with Crippen LogP contribution in [0.4, 0.5) is 0 Å². The van der Waals surface area contributed by atoms with Gasteiger partial charge in [0.25, 0.3) is 7.82 Å². The SMILES string of the molecule is CCCCCC/C=C/CC/C=C/[C@@H](O)[C@H](COP(=O)([O-])OCC[N+](C)(C)C)NC(=O)CCCCCCC/C=C/CCCCCC. The zero-order chi connectivity index (χ0) is 33.7. The fraction of sp³-hybridized carbons (Fsp3) is 0.806. The number of nitrogens with one attached hydrogen (secondary N) is 1. The largest absolute Gasteiger partial charge is 0.756 e. The van der Waals surface area contributed by atoms with Gasteiger partial charge in [-0.1, -0.05) is 108 Å². The minimum atomic E-state index is -4.58. The van der Waals surface area contributed by atoms with E-state index in [1.54, 1.807) is 6.08 Å². The molecule has 1 unspecified atom stereocenters. The minimum absolute atomic E-state index is 0.00871. The molecule has 0 aliphatic heterocycles. The fourth-order valence-corrected chi connectivity index (χ4v) is 5.35. The summed E-state index contributed by atoms with van der Waals surface area (Å²) in [6.07, 6.45) is 31.9. The normalized spacial score (nSPS) is 15.3. The first-order valence-electron chi connectivity index (χ1n) is 17.9. The molecule has 0 saturated heterocycles. The van der Waals surface area contributed by atoms with E-state index in [-0.39, 0.29) is 12.5 Å². The van der Waals surface area contributed by atoms with E-state index in [0.29, 0.717) is 17.4 Å². The summed E-state index contributed by atoms with van der Waals surface area (Å²) in [6, 6.07) is -0.902. The van der Waals surface area contributed by atoms with Crippen molar-refractivity contribution in [2.45, 2.75) is 148 Å². The van der Waals surface area contributed by atoms with Gasteiger partial charge in [-0.15, -0.1) is 0 Å². The number of hydrogen-bond acceptors (Lipinski definition) is 6. The maximum absolute atomic E-state index is 12.7. The molecule has 0 aliphatic rings. The van der Waals surface area contributed by atoms with Gasteiger partial charge in [0.2, 0.25) is 5.91 Å². The lowest BCUT2D eigenvalue weighted by atomic mass is 10.1. The van der Waals surface area contributed by atoms with E-state index in [1.165, 1.54) is 57.8 Å². The van der Waals surface area contributed by atoms with Crippen LogP contribution >= 0.6 is 7.82 Å².